The summed E-state index contributed by atoms with van der Waals surface area (Å²) in [5.74, 6) is 0.367. The molecule has 2 aromatic rings. The molecule has 1 atom stereocenters. The number of hydrogen-bond acceptors (Lipinski definition) is 4. The van der Waals surface area contributed by atoms with Crippen LogP contribution in [0.5, 0.6) is 0 Å². The maximum absolute atomic E-state index is 11.8. The molecular formula is C17H22N2O3. The number of amides is 1. The van der Waals surface area contributed by atoms with E-state index in [1.807, 2.05) is 30.3 Å². The molecule has 4 N–H and O–H groups in total. The van der Waals surface area contributed by atoms with Gasteiger partial charge in [0.05, 0.1) is 18.2 Å². The van der Waals surface area contributed by atoms with Gasteiger partial charge in [0.2, 0.25) is 0 Å². The van der Waals surface area contributed by atoms with Gasteiger partial charge in [-0.25, -0.2) is 0 Å². The molecule has 0 spiro atoms. The number of benzene rings is 1. The summed E-state index contributed by atoms with van der Waals surface area (Å²) in [6.45, 7) is 0.698. The summed E-state index contributed by atoms with van der Waals surface area (Å²) >= 11 is 0. The summed E-state index contributed by atoms with van der Waals surface area (Å²) in [7, 11) is 0. The Kier molecular flexibility index (Phi) is 6.18. The summed E-state index contributed by atoms with van der Waals surface area (Å²) < 4.78 is 5.11. The molecule has 1 aromatic heterocycles. The second kappa shape index (κ2) is 8.36. The topological polar surface area (TPSA) is 88.5 Å². The highest BCUT2D eigenvalue weighted by atomic mass is 16.3. The summed E-state index contributed by atoms with van der Waals surface area (Å²) in [6.07, 6.45) is 3.01. The lowest BCUT2D eigenvalue weighted by Crippen LogP contribution is -2.27. The first-order valence-corrected chi connectivity index (χ1v) is 7.46. The van der Waals surface area contributed by atoms with Gasteiger partial charge in [0, 0.05) is 6.54 Å². The van der Waals surface area contributed by atoms with E-state index in [0.717, 1.165) is 6.42 Å². The Bertz CT molecular complexity index is 581. The molecule has 0 saturated carbocycles. The molecule has 1 amide bonds. The second-order valence-corrected chi connectivity index (χ2v) is 5.23. The number of aliphatic hydroxyl groups excluding tert-OH is 1. The van der Waals surface area contributed by atoms with E-state index < -0.39 is 6.10 Å². The average Bonchev–Trinajstić information content (AvgIpc) is 3.03. The van der Waals surface area contributed by atoms with Crippen molar-refractivity contribution in [1.82, 2.24) is 5.32 Å². The number of carbonyl (C=O) groups is 1. The molecule has 0 fully saturated rings. The number of carbonyl (C=O) groups excluding carboxylic acids is 1. The maximum atomic E-state index is 11.8. The van der Waals surface area contributed by atoms with Crippen LogP contribution in [-0.2, 0) is 13.0 Å². The fraction of sp³-hybridized carbons (Fsp3) is 0.353. The van der Waals surface area contributed by atoms with E-state index in [1.165, 1.54) is 11.8 Å². The summed E-state index contributed by atoms with van der Waals surface area (Å²) in [5, 5.41) is 12.7. The van der Waals surface area contributed by atoms with E-state index in [-0.39, 0.29) is 12.5 Å². The van der Waals surface area contributed by atoms with Crippen LogP contribution in [0.15, 0.2) is 47.1 Å². The quantitative estimate of drug-likeness (QED) is 0.694. The van der Waals surface area contributed by atoms with Gasteiger partial charge in [0.1, 0.15) is 12.0 Å². The van der Waals surface area contributed by atoms with Gasteiger partial charge in [-0.2, -0.15) is 0 Å². The van der Waals surface area contributed by atoms with Gasteiger partial charge in [-0.3, -0.25) is 4.79 Å². The van der Waals surface area contributed by atoms with Gasteiger partial charge in [-0.1, -0.05) is 30.3 Å². The molecule has 1 unspecified atom stereocenters. The lowest BCUT2D eigenvalue weighted by atomic mass is 10.1. The third-order valence-corrected chi connectivity index (χ3v) is 3.49. The van der Waals surface area contributed by atoms with Crippen LogP contribution < -0.4 is 11.1 Å². The first-order chi connectivity index (χ1) is 10.7. The minimum Gasteiger partial charge on any atom is -0.467 e. The van der Waals surface area contributed by atoms with E-state index in [4.69, 9.17) is 10.2 Å². The predicted octanol–water partition coefficient (Wildman–Crippen LogP) is 1.85. The number of aliphatic hydroxyl groups is 1. The Morgan fingerprint density at radius 2 is 2.05 bits per heavy atom. The third kappa shape index (κ3) is 5.02. The van der Waals surface area contributed by atoms with Crippen molar-refractivity contribution in [3.8, 4) is 0 Å². The lowest BCUT2D eigenvalue weighted by Gasteiger charge is -2.11. The summed E-state index contributed by atoms with van der Waals surface area (Å²) in [6, 6.07) is 11.7. The Hall–Kier alpha value is -2.11. The lowest BCUT2D eigenvalue weighted by molar-refractivity contribution is 0.0940. The number of rotatable bonds is 8. The maximum Gasteiger partial charge on any atom is 0.254 e. The van der Waals surface area contributed by atoms with E-state index >= 15 is 0 Å². The molecule has 2 rings (SSSR count). The number of nitrogens with one attached hydrogen (secondary N) is 1. The van der Waals surface area contributed by atoms with Crippen molar-refractivity contribution in [2.75, 3.05) is 6.54 Å². The number of aryl methyl sites for hydroxylation is 1. The van der Waals surface area contributed by atoms with Crippen LogP contribution in [0.1, 0.15) is 34.5 Å². The molecule has 22 heavy (non-hydrogen) atoms. The molecular weight excluding hydrogens is 280 g/mol. The van der Waals surface area contributed by atoms with Crippen molar-refractivity contribution in [1.29, 1.82) is 0 Å². The number of furan rings is 1. The zero-order valence-corrected chi connectivity index (χ0v) is 12.5. The van der Waals surface area contributed by atoms with Crippen LogP contribution in [0.3, 0.4) is 0 Å². The molecule has 0 aliphatic carbocycles. The predicted molar refractivity (Wildman–Crippen MR) is 84.3 cm³/mol. The van der Waals surface area contributed by atoms with Crippen LogP contribution in [0.4, 0.5) is 0 Å². The van der Waals surface area contributed by atoms with Crippen molar-refractivity contribution in [2.45, 2.75) is 31.9 Å². The fourth-order valence-corrected chi connectivity index (χ4v) is 2.18. The van der Waals surface area contributed by atoms with Crippen molar-refractivity contribution in [2.24, 2.45) is 5.73 Å². The SMILES string of the molecule is NCc1cc(C(=O)NCCC(O)CCc2ccccc2)co1. The van der Waals surface area contributed by atoms with Crippen LogP contribution in [0, 0.1) is 0 Å². The molecule has 118 valence electrons. The van der Waals surface area contributed by atoms with E-state index in [9.17, 15) is 9.90 Å². The van der Waals surface area contributed by atoms with Crippen molar-refractivity contribution in [3.05, 3.63) is 59.5 Å². The minimum atomic E-state index is -0.426. The Labute approximate surface area is 130 Å². The first-order valence-electron chi connectivity index (χ1n) is 7.46. The summed E-state index contributed by atoms with van der Waals surface area (Å²) in [4.78, 5) is 11.8. The second-order valence-electron chi connectivity index (χ2n) is 5.23. The van der Waals surface area contributed by atoms with Crippen molar-refractivity contribution >= 4 is 5.91 Å². The molecule has 0 aliphatic rings. The molecule has 0 saturated heterocycles. The fourth-order valence-electron chi connectivity index (χ4n) is 2.18. The smallest absolute Gasteiger partial charge is 0.254 e. The average molecular weight is 302 g/mol. The van der Waals surface area contributed by atoms with Crippen molar-refractivity contribution in [3.63, 3.8) is 0 Å². The van der Waals surface area contributed by atoms with Crippen molar-refractivity contribution < 1.29 is 14.3 Å². The molecule has 5 heteroatoms. The van der Waals surface area contributed by atoms with Gasteiger partial charge >= 0.3 is 0 Å². The Morgan fingerprint density at radius 3 is 2.73 bits per heavy atom. The largest absolute Gasteiger partial charge is 0.467 e. The van der Waals surface area contributed by atoms with E-state index in [1.54, 1.807) is 6.07 Å². The van der Waals surface area contributed by atoms with Crippen LogP contribution in [-0.4, -0.2) is 23.7 Å². The Morgan fingerprint density at radius 1 is 1.27 bits per heavy atom. The van der Waals surface area contributed by atoms with E-state index in [2.05, 4.69) is 5.32 Å². The van der Waals surface area contributed by atoms with Gasteiger partial charge in [0.25, 0.3) is 5.91 Å². The number of nitrogens with two attached hydrogens (primary N) is 1. The minimum absolute atomic E-state index is 0.210. The molecule has 1 heterocycles. The van der Waals surface area contributed by atoms with Gasteiger partial charge in [0.15, 0.2) is 0 Å². The van der Waals surface area contributed by atoms with Gasteiger partial charge < -0.3 is 20.6 Å². The Balaban J connectivity index is 1.66. The van der Waals surface area contributed by atoms with E-state index in [0.29, 0.717) is 30.7 Å². The zero-order chi connectivity index (χ0) is 15.8. The van der Waals surface area contributed by atoms with Crippen LogP contribution in [0.2, 0.25) is 0 Å². The van der Waals surface area contributed by atoms with Gasteiger partial charge in [-0.15, -0.1) is 0 Å². The summed E-state index contributed by atoms with van der Waals surface area (Å²) in [5.41, 5.74) is 7.09. The first kappa shape index (κ1) is 16.3. The highest BCUT2D eigenvalue weighted by Crippen LogP contribution is 2.08. The van der Waals surface area contributed by atoms with Crippen LogP contribution >= 0.6 is 0 Å². The third-order valence-electron chi connectivity index (χ3n) is 3.49. The van der Waals surface area contributed by atoms with Crippen LogP contribution in [0.25, 0.3) is 0 Å². The monoisotopic (exact) mass is 302 g/mol. The number of hydrogen-bond donors (Lipinski definition) is 3. The molecule has 0 aliphatic heterocycles. The molecule has 5 nitrogen and oxygen atoms in total. The standard InChI is InChI=1S/C17H22N2O3/c18-11-16-10-14(12-22-16)17(21)19-9-8-15(20)7-6-13-4-2-1-3-5-13/h1-5,10,12,15,20H,6-9,11,18H2,(H,19,21). The highest BCUT2D eigenvalue weighted by molar-refractivity contribution is 5.93. The highest BCUT2D eigenvalue weighted by Gasteiger charge is 2.10. The molecule has 1 aromatic carbocycles. The molecule has 0 bridgehead atoms. The molecule has 0 radical (unpaired) electrons. The normalized spacial score (nSPS) is 12.1. The zero-order valence-electron chi connectivity index (χ0n) is 12.5. The van der Waals surface area contributed by atoms with Gasteiger partial charge in [-0.05, 0) is 30.9 Å².